The van der Waals surface area contributed by atoms with Crippen LogP contribution in [0.15, 0.2) is 24.3 Å². The van der Waals surface area contributed by atoms with Gasteiger partial charge in [-0.3, -0.25) is 4.79 Å². The molecule has 0 spiro atoms. The lowest BCUT2D eigenvalue weighted by Crippen LogP contribution is -2.36. The lowest BCUT2D eigenvalue weighted by atomic mass is 10.2. The van der Waals surface area contributed by atoms with Gasteiger partial charge in [0.15, 0.2) is 5.11 Å². The minimum atomic E-state index is -0.121. The second-order valence-electron chi connectivity index (χ2n) is 3.58. The van der Waals surface area contributed by atoms with E-state index in [1.54, 1.807) is 26.0 Å². The molecule has 0 aliphatic carbocycles. The van der Waals surface area contributed by atoms with Crippen molar-refractivity contribution in [2.24, 2.45) is 5.92 Å². The number of amides is 1. The summed E-state index contributed by atoms with van der Waals surface area (Å²) < 4.78 is 0. The molecular formula is C11H13ClN2OS. The Balaban J connectivity index is 2.59. The molecule has 0 bridgehead atoms. The number of rotatable bonds is 2. The summed E-state index contributed by atoms with van der Waals surface area (Å²) in [6.07, 6.45) is 0. The number of thiocarbonyl (C=S) groups is 1. The van der Waals surface area contributed by atoms with Gasteiger partial charge in [0.25, 0.3) is 0 Å². The standard InChI is InChI=1S/C11H13ClN2OS/c1-7(2)10(15)14-11(16)13-9-6-4-3-5-8(9)12/h3-7H,1-2H3,(H2,13,14,15,16). The van der Waals surface area contributed by atoms with Crippen molar-refractivity contribution in [2.75, 3.05) is 5.32 Å². The molecule has 0 saturated heterocycles. The second kappa shape index (κ2) is 5.82. The average Bonchev–Trinajstić information content (AvgIpc) is 2.21. The van der Waals surface area contributed by atoms with E-state index >= 15 is 0 Å². The molecule has 5 heteroatoms. The lowest BCUT2D eigenvalue weighted by molar-refractivity contribution is -0.122. The summed E-state index contributed by atoms with van der Waals surface area (Å²) in [4.78, 5) is 11.4. The van der Waals surface area contributed by atoms with Crippen LogP contribution in [0.4, 0.5) is 5.69 Å². The third kappa shape index (κ3) is 3.79. The first-order chi connectivity index (χ1) is 7.50. The van der Waals surface area contributed by atoms with Crippen LogP contribution in [-0.2, 0) is 4.79 Å². The van der Waals surface area contributed by atoms with Crippen LogP contribution in [0, 0.1) is 5.92 Å². The van der Waals surface area contributed by atoms with Crippen LogP contribution >= 0.6 is 23.8 Å². The maximum atomic E-state index is 11.4. The van der Waals surface area contributed by atoms with E-state index in [1.165, 1.54) is 0 Å². The van der Waals surface area contributed by atoms with Gasteiger partial charge in [-0.05, 0) is 24.4 Å². The van der Waals surface area contributed by atoms with Gasteiger partial charge in [-0.15, -0.1) is 0 Å². The highest BCUT2D eigenvalue weighted by molar-refractivity contribution is 7.80. The maximum Gasteiger partial charge on any atom is 0.228 e. The number of hydrogen-bond acceptors (Lipinski definition) is 2. The molecule has 1 rings (SSSR count). The largest absolute Gasteiger partial charge is 0.331 e. The third-order valence-corrected chi connectivity index (χ3v) is 2.42. The summed E-state index contributed by atoms with van der Waals surface area (Å²) in [5, 5.41) is 6.26. The molecule has 0 unspecified atom stereocenters. The Labute approximate surface area is 105 Å². The van der Waals surface area contributed by atoms with Gasteiger partial charge in [0.1, 0.15) is 0 Å². The number of hydrogen-bond donors (Lipinski definition) is 2. The fourth-order valence-corrected chi connectivity index (χ4v) is 1.37. The molecule has 0 aliphatic heterocycles. The van der Waals surface area contributed by atoms with Gasteiger partial charge in [0, 0.05) is 5.92 Å². The Bertz CT molecular complexity index is 407. The van der Waals surface area contributed by atoms with Gasteiger partial charge in [0.05, 0.1) is 10.7 Å². The van der Waals surface area contributed by atoms with Crippen LogP contribution in [0.1, 0.15) is 13.8 Å². The maximum absolute atomic E-state index is 11.4. The van der Waals surface area contributed by atoms with E-state index in [0.29, 0.717) is 10.7 Å². The fraction of sp³-hybridized carbons (Fsp3) is 0.273. The van der Waals surface area contributed by atoms with Gasteiger partial charge in [0.2, 0.25) is 5.91 Å². The van der Waals surface area contributed by atoms with Gasteiger partial charge in [-0.25, -0.2) is 0 Å². The fourth-order valence-electron chi connectivity index (χ4n) is 0.972. The second-order valence-corrected chi connectivity index (χ2v) is 4.39. The molecule has 0 aliphatic rings. The molecule has 0 saturated carbocycles. The van der Waals surface area contributed by atoms with Crippen LogP contribution < -0.4 is 10.6 Å². The highest BCUT2D eigenvalue weighted by Crippen LogP contribution is 2.20. The first-order valence-electron chi connectivity index (χ1n) is 4.87. The summed E-state index contributed by atoms with van der Waals surface area (Å²) in [5.74, 6) is -0.226. The molecule has 0 aromatic heterocycles. The van der Waals surface area contributed by atoms with Crippen molar-refractivity contribution in [3.05, 3.63) is 29.3 Å². The van der Waals surface area contributed by atoms with Crippen molar-refractivity contribution < 1.29 is 4.79 Å². The van der Waals surface area contributed by atoms with Gasteiger partial charge in [-0.2, -0.15) is 0 Å². The van der Waals surface area contributed by atoms with Crippen LogP contribution in [0.5, 0.6) is 0 Å². The first kappa shape index (κ1) is 12.9. The van der Waals surface area contributed by atoms with Crippen molar-refractivity contribution in [2.45, 2.75) is 13.8 Å². The zero-order valence-corrected chi connectivity index (χ0v) is 10.7. The Kier molecular flexibility index (Phi) is 4.71. The monoisotopic (exact) mass is 256 g/mol. The van der Waals surface area contributed by atoms with E-state index in [9.17, 15) is 4.79 Å². The normalized spacial score (nSPS) is 10.0. The summed E-state index contributed by atoms with van der Waals surface area (Å²) in [6.45, 7) is 3.60. The SMILES string of the molecule is CC(C)C(=O)NC(=S)Nc1ccccc1Cl. The smallest absolute Gasteiger partial charge is 0.228 e. The molecule has 1 aromatic carbocycles. The molecule has 0 radical (unpaired) electrons. The Morgan fingerprint density at radius 2 is 2.00 bits per heavy atom. The lowest BCUT2D eigenvalue weighted by Gasteiger charge is -2.11. The molecule has 2 N–H and O–H groups in total. The van der Waals surface area contributed by atoms with Crippen LogP contribution in [0.3, 0.4) is 0 Å². The molecule has 3 nitrogen and oxygen atoms in total. The summed E-state index contributed by atoms with van der Waals surface area (Å²) in [6, 6.07) is 7.19. The number of halogens is 1. The molecule has 86 valence electrons. The van der Waals surface area contributed by atoms with E-state index in [2.05, 4.69) is 10.6 Å². The molecule has 1 amide bonds. The summed E-state index contributed by atoms with van der Waals surface area (Å²) >= 11 is 10.9. The summed E-state index contributed by atoms with van der Waals surface area (Å²) in [7, 11) is 0. The van der Waals surface area contributed by atoms with E-state index in [0.717, 1.165) is 0 Å². The number of benzene rings is 1. The van der Waals surface area contributed by atoms with Crippen molar-refractivity contribution in [1.29, 1.82) is 0 Å². The van der Waals surface area contributed by atoms with Gasteiger partial charge in [-0.1, -0.05) is 37.6 Å². The topological polar surface area (TPSA) is 41.1 Å². The zero-order valence-electron chi connectivity index (χ0n) is 9.08. The van der Waals surface area contributed by atoms with Crippen molar-refractivity contribution in [3.63, 3.8) is 0 Å². The molecule has 0 atom stereocenters. The molecule has 0 fully saturated rings. The Morgan fingerprint density at radius 3 is 2.56 bits per heavy atom. The molecule has 16 heavy (non-hydrogen) atoms. The number of carbonyl (C=O) groups is 1. The van der Waals surface area contributed by atoms with E-state index in [1.807, 2.05) is 12.1 Å². The third-order valence-electron chi connectivity index (χ3n) is 1.88. The summed E-state index contributed by atoms with van der Waals surface area (Å²) in [5.41, 5.74) is 0.679. The van der Waals surface area contributed by atoms with Gasteiger partial charge < -0.3 is 10.6 Å². The van der Waals surface area contributed by atoms with E-state index in [-0.39, 0.29) is 16.9 Å². The number of anilines is 1. The Hall–Kier alpha value is -1.13. The molecular weight excluding hydrogens is 244 g/mol. The van der Waals surface area contributed by atoms with Gasteiger partial charge >= 0.3 is 0 Å². The Morgan fingerprint density at radius 1 is 1.38 bits per heavy atom. The highest BCUT2D eigenvalue weighted by Gasteiger charge is 2.09. The minimum Gasteiger partial charge on any atom is -0.331 e. The number of carbonyl (C=O) groups excluding carboxylic acids is 1. The van der Waals surface area contributed by atoms with Crippen molar-refractivity contribution in [1.82, 2.24) is 5.32 Å². The van der Waals surface area contributed by atoms with Crippen molar-refractivity contribution >= 4 is 40.5 Å². The number of para-hydroxylation sites is 1. The molecule has 0 heterocycles. The van der Waals surface area contributed by atoms with E-state index in [4.69, 9.17) is 23.8 Å². The van der Waals surface area contributed by atoms with Crippen LogP contribution in [0.2, 0.25) is 5.02 Å². The molecule has 1 aromatic rings. The minimum absolute atomic E-state index is 0.106. The van der Waals surface area contributed by atoms with Crippen molar-refractivity contribution in [3.8, 4) is 0 Å². The number of nitrogens with one attached hydrogen (secondary N) is 2. The predicted octanol–water partition coefficient (Wildman–Crippen LogP) is 2.81. The average molecular weight is 257 g/mol. The van der Waals surface area contributed by atoms with Crippen LogP contribution in [0.25, 0.3) is 0 Å². The predicted molar refractivity (Wildman–Crippen MR) is 70.7 cm³/mol. The quantitative estimate of drug-likeness (QED) is 0.800. The first-order valence-corrected chi connectivity index (χ1v) is 5.65. The van der Waals surface area contributed by atoms with Crippen LogP contribution in [-0.4, -0.2) is 11.0 Å². The highest BCUT2D eigenvalue weighted by atomic mass is 35.5. The zero-order chi connectivity index (χ0) is 12.1. The van der Waals surface area contributed by atoms with E-state index < -0.39 is 0 Å².